The Morgan fingerprint density at radius 1 is 1.64 bits per heavy atom. The number of carbonyl (C=O) groups is 1. The zero-order valence-electron chi connectivity index (χ0n) is 6.31. The molecule has 0 aromatic carbocycles. The molecular formula is C5H10N2O4. The highest BCUT2D eigenvalue weighted by Crippen LogP contribution is 1.99. The van der Waals surface area contributed by atoms with Crippen LogP contribution in [0.3, 0.4) is 0 Å². The second kappa shape index (κ2) is 3.87. The van der Waals surface area contributed by atoms with Gasteiger partial charge in [-0.1, -0.05) is 13.8 Å². The standard InChI is InChI=1S/C5H10N2O4/c1-3(2)4(6)5(8)11-7(9)10/h3-4H,6H2,1-2H3/t4-/m0/s1. The number of nitrogens with zero attached hydrogens (tertiary/aromatic N) is 1. The quantitative estimate of drug-likeness (QED) is 0.454. The van der Waals surface area contributed by atoms with Crippen molar-refractivity contribution in [2.45, 2.75) is 19.9 Å². The average molecular weight is 162 g/mol. The van der Waals surface area contributed by atoms with Gasteiger partial charge < -0.3 is 5.73 Å². The average Bonchev–Trinajstić information content (AvgIpc) is 1.84. The van der Waals surface area contributed by atoms with E-state index in [2.05, 4.69) is 4.84 Å². The van der Waals surface area contributed by atoms with E-state index < -0.39 is 17.1 Å². The van der Waals surface area contributed by atoms with Gasteiger partial charge in [-0.3, -0.25) is 4.79 Å². The molecule has 6 nitrogen and oxygen atoms in total. The molecule has 0 spiro atoms. The van der Waals surface area contributed by atoms with Crippen LogP contribution in [-0.4, -0.2) is 17.1 Å². The Balaban J connectivity index is 3.93. The molecule has 0 bridgehead atoms. The summed E-state index contributed by atoms with van der Waals surface area (Å²) < 4.78 is 0. The van der Waals surface area contributed by atoms with Gasteiger partial charge in [-0.15, -0.1) is 10.1 Å². The van der Waals surface area contributed by atoms with E-state index in [0.717, 1.165) is 0 Å². The lowest BCUT2D eigenvalue weighted by Crippen LogP contribution is -2.37. The second-order valence-electron chi connectivity index (χ2n) is 2.40. The van der Waals surface area contributed by atoms with E-state index in [9.17, 15) is 14.9 Å². The summed E-state index contributed by atoms with van der Waals surface area (Å²) in [7, 11) is 0. The van der Waals surface area contributed by atoms with Gasteiger partial charge in [-0.05, 0) is 5.92 Å². The monoisotopic (exact) mass is 162 g/mol. The number of hydrogen-bond acceptors (Lipinski definition) is 5. The summed E-state index contributed by atoms with van der Waals surface area (Å²) in [5.41, 5.74) is 5.23. The number of carbonyl (C=O) groups excluding carboxylic acids is 1. The fourth-order valence-electron chi connectivity index (χ4n) is 0.406. The third-order valence-electron chi connectivity index (χ3n) is 1.15. The van der Waals surface area contributed by atoms with E-state index in [4.69, 9.17) is 5.73 Å². The molecule has 0 aromatic rings. The van der Waals surface area contributed by atoms with Crippen LogP contribution in [0.5, 0.6) is 0 Å². The lowest BCUT2D eigenvalue weighted by molar-refractivity contribution is -0.730. The molecule has 0 rings (SSSR count). The summed E-state index contributed by atoms with van der Waals surface area (Å²) in [4.78, 5) is 23.9. The van der Waals surface area contributed by atoms with Gasteiger partial charge >= 0.3 is 11.1 Å². The van der Waals surface area contributed by atoms with Gasteiger partial charge in [0.1, 0.15) is 0 Å². The molecule has 0 fully saturated rings. The Morgan fingerprint density at radius 2 is 2.09 bits per heavy atom. The third kappa shape index (κ3) is 3.51. The molecule has 0 radical (unpaired) electrons. The van der Waals surface area contributed by atoms with Gasteiger partial charge in [-0.2, -0.15) is 0 Å². The molecule has 0 aliphatic rings. The van der Waals surface area contributed by atoms with E-state index >= 15 is 0 Å². The predicted octanol–water partition coefficient (Wildman–Crippen LogP) is -0.295. The molecule has 64 valence electrons. The summed E-state index contributed by atoms with van der Waals surface area (Å²) in [6.45, 7) is 3.34. The van der Waals surface area contributed by atoms with Crippen molar-refractivity contribution < 1.29 is 14.7 Å². The lowest BCUT2D eigenvalue weighted by Gasteiger charge is -2.10. The Morgan fingerprint density at radius 3 is 2.36 bits per heavy atom. The smallest absolute Gasteiger partial charge is 0.320 e. The number of nitrogens with two attached hydrogens (primary N) is 1. The number of hydrogen-bond donors (Lipinski definition) is 1. The first-order chi connectivity index (χ1) is 4.95. The molecule has 11 heavy (non-hydrogen) atoms. The fraction of sp³-hybridized carbons (Fsp3) is 0.800. The highest BCUT2D eigenvalue weighted by molar-refractivity contribution is 5.74. The zero-order valence-corrected chi connectivity index (χ0v) is 6.31. The van der Waals surface area contributed by atoms with Crippen LogP contribution in [0.25, 0.3) is 0 Å². The highest BCUT2D eigenvalue weighted by atomic mass is 17.0. The summed E-state index contributed by atoms with van der Waals surface area (Å²) in [5, 5.41) is 8.48. The van der Waals surface area contributed by atoms with Crippen LogP contribution in [0.2, 0.25) is 0 Å². The van der Waals surface area contributed by atoms with Gasteiger partial charge in [0, 0.05) is 0 Å². The number of rotatable bonds is 3. The van der Waals surface area contributed by atoms with Gasteiger partial charge in [0.15, 0.2) is 0 Å². The van der Waals surface area contributed by atoms with Crippen molar-refractivity contribution in [2.24, 2.45) is 11.7 Å². The van der Waals surface area contributed by atoms with Crippen molar-refractivity contribution in [3.63, 3.8) is 0 Å². The minimum absolute atomic E-state index is 0.164. The van der Waals surface area contributed by atoms with E-state index in [1.165, 1.54) is 0 Å². The summed E-state index contributed by atoms with van der Waals surface area (Å²) >= 11 is 0. The fourth-order valence-corrected chi connectivity index (χ4v) is 0.406. The molecular weight excluding hydrogens is 152 g/mol. The van der Waals surface area contributed by atoms with Crippen LogP contribution >= 0.6 is 0 Å². The van der Waals surface area contributed by atoms with Gasteiger partial charge in [0.05, 0.1) is 6.04 Å². The van der Waals surface area contributed by atoms with Crippen molar-refractivity contribution in [3.05, 3.63) is 10.1 Å². The van der Waals surface area contributed by atoms with Crippen molar-refractivity contribution in [1.29, 1.82) is 0 Å². The Labute approximate surface area is 63.4 Å². The maximum Gasteiger partial charge on any atom is 0.320 e. The largest absolute Gasteiger partial charge is 0.320 e. The Kier molecular flexibility index (Phi) is 3.46. The maximum atomic E-state index is 10.6. The van der Waals surface area contributed by atoms with Crippen LogP contribution < -0.4 is 5.73 Å². The third-order valence-corrected chi connectivity index (χ3v) is 1.15. The van der Waals surface area contributed by atoms with E-state index in [1.807, 2.05) is 0 Å². The highest BCUT2D eigenvalue weighted by Gasteiger charge is 2.20. The predicted molar refractivity (Wildman–Crippen MR) is 35.9 cm³/mol. The molecule has 0 heterocycles. The summed E-state index contributed by atoms with van der Waals surface area (Å²) in [6.07, 6.45) is 0. The van der Waals surface area contributed by atoms with E-state index in [0.29, 0.717) is 0 Å². The Bertz CT molecular complexity index is 168. The van der Waals surface area contributed by atoms with Crippen LogP contribution in [0.4, 0.5) is 0 Å². The molecule has 0 unspecified atom stereocenters. The minimum atomic E-state index is -1.16. The first-order valence-corrected chi connectivity index (χ1v) is 3.07. The van der Waals surface area contributed by atoms with Crippen molar-refractivity contribution in [3.8, 4) is 0 Å². The first-order valence-electron chi connectivity index (χ1n) is 3.07. The molecule has 2 N–H and O–H groups in total. The lowest BCUT2D eigenvalue weighted by atomic mass is 10.1. The van der Waals surface area contributed by atoms with Crippen LogP contribution in [0, 0.1) is 16.0 Å². The van der Waals surface area contributed by atoms with E-state index in [1.54, 1.807) is 13.8 Å². The molecule has 0 saturated carbocycles. The summed E-state index contributed by atoms with van der Waals surface area (Å²) in [6, 6.07) is -0.930. The Hall–Kier alpha value is -1.17. The maximum absolute atomic E-state index is 10.6. The first kappa shape index (κ1) is 9.83. The van der Waals surface area contributed by atoms with Crippen molar-refractivity contribution in [2.75, 3.05) is 0 Å². The van der Waals surface area contributed by atoms with Crippen LogP contribution in [0.1, 0.15) is 13.8 Å². The van der Waals surface area contributed by atoms with Crippen LogP contribution in [-0.2, 0) is 9.63 Å². The van der Waals surface area contributed by atoms with Crippen molar-refractivity contribution >= 4 is 5.97 Å². The molecule has 0 aliphatic heterocycles. The topological polar surface area (TPSA) is 95.5 Å². The van der Waals surface area contributed by atoms with Crippen LogP contribution in [0.15, 0.2) is 0 Å². The molecule has 6 heteroatoms. The minimum Gasteiger partial charge on any atom is -0.320 e. The molecule has 0 aromatic heterocycles. The molecule has 0 amide bonds. The summed E-state index contributed by atoms with van der Waals surface area (Å²) in [5.74, 6) is -1.17. The van der Waals surface area contributed by atoms with Gasteiger partial charge in [-0.25, -0.2) is 4.84 Å². The van der Waals surface area contributed by atoms with E-state index in [-0.39, 0.29) is 5.92 Å². The SMILES string of the molecule is CC(C)[C@H](N)C(=O)O[N+](=O)[O-]. The van der Waals surface area contributed by atoms with Gasteiger partial charge in [0.25, 0.3) is 0 Å². The molecule has 0 saturated heterocycles. The molecule has 0 aliphatic carbocycles. The second-order valence-corrected chi connectivity index (χ2v) is 2.40. The molecule has 1 atom stereocenters. The zero-order chi connectivity index (χ0) is 9.02. The van der Waals surface area contributed by atoms with Gasteiger partial charge in [0.2, 0.25) is 0 Å². The normalized spacial score (nSPS) is 12.7. The van der Waals surface area contributed by atoms with Crippen molar-refractivity contribution in [1.82, 2.24) is 0 Å².